The van der Waals surface area contributed by atoms with E-state index in [1.54, 1.807) is 0 Å². The number of hydrogen-bond donors (Lipinski definition) is 0. The molecule has 1 aliphatic rings. The number of nitrogens with zero attached hydrogens (tertiary/aromatic N) is 3. The van der Waals surface area contributed by atoms with Gasteiger partial charge in [0.25, 0.3) is 0 Å². The summed E-state index contributed by atoms with van der Waals surface area (Å²) < 4.78 is 7.83. The zero-order chi connectivity index (χ0) is 13.4. The monoisotopic (exact) mass is 257 g/mol. The minimum atomic E-state index is 0.212. The van der Waals surface area contributed by atoms with E-state index in [-0.39, 0.29) is 6.10 Å². The van der Waals surface area contributed by atoms with Gasteiger partial charge in [0, 0.05) is 13.2 Å². The molecule has 0 aliphatic carbocycles. The van der Waals surface area contributed by atoms with E-state index in [1.165, 1.54) is 16.9 Å². The Hall–Kier alpha value is -1.97. The van der Waals surface area contributed by atoms with Gasteiger partial charge in [-0.15, -0.1) is 0 Å². The Bertz CT molecular complexity index is 591. The van der Waals surface area contributed by atoms with E-state index >= 15 is 0 Å². The lowest BCUT2D eigenvalue weighted by molar-refractivity contribution is 0.211. The van der Waals surface area contributed by atoms with Gasteiger partial charge >= 0.3 is 0 Å². The third kappa shape index (κ3) is 2.30. The molecule has 0 N–H and O–H groups in total. The number of aryl methyl sites for hydroxylation is 2. The predicted octanol–water partition coefficient (Wildman–Crippen LogP) is 2.52. The van der Waals surface area contributed by atoms with Crippen molar-refractivity contribution in [2.24, 2.45) is 7.05 Å². The SMILES string of the molecule is Cc1ccc2c(c1)N(Cc1ccnn1C)C[C@@H](C)O2. The third-order valence-electron chi connectivity index (χ3n) is 3.54. The van der Waals surface area contributed by atoms with Crippen LogP contribution in [0.2, 0.25) is 0 Å². The molecule has 0 unspecified atom stereocenters. The summed E-state index contributed by atoms with van der Waals surface area (Å²) in [5.41, 5.74) is 3.65. The van der Waals surface area contributed by atoms with E-state index in [0.717, 1.165) is 18.8 Å². The zero-order valence-corrected chi connectivity index (χ0v) is 11.6. The lowest BCUT2D eigenvalue weighted by atomic mass is 10.1. The quantitative estimate of drug-likeness (QED) is 0.828. The number of ether oxygens (including phenoxy) is 1. The summed E-state index contributed by atoms with van der Waals surface area (Å²) in [5.74, 6) is 0.978. The average molecular weight is 257 g/mol. The van der Waals surface area contributed by atoms with E-state index in [2.05, 4.69) is 48.1 Å². The first-order chi connectivity index (χ1) is 9.13. The van der Waals surface area contributed by atoms with Crippen molar-refractivity contribution in [2.75, 3.05) is 11.4 Å². The molecule has 0 bridgehead atoms. The molecule has 0 spiro atoms. The first-order valence-corrected chi connectivity index (χ1v) is 6.62. The highest BCUT2D eigenvalue weighted by Crippen LogP contribution is 2.34. The van der Waals surface area contributed by atoms with Crippen LogP contribution in [0.1, 0.15) is 18.2 Å². The molecule has 0 radical (unpaired) electrons. The first-order valence-electron chi connectivity index (χ1n) is 6.62. The van der Waals surface area contributed by atoms with E-state index in [9.17, 15) is 0 Å². The number of rotatable bonds is 2. The van der Waals surface area contributed by atoms with Gasteiger partial charge in [-0.2, -0.15) is 5.10 Å². The molecule has 0 saturated carbocycles. The highest BCUT2D eigenvalue weighted by molar-refractivity contribution is 5.61. The fraction of sp³-hybridized carbons (Fsp3) is 0.400. The molecule has 2 heterocycles. The molecule has 100 valence electrons. The standard InChI is InChI=1S/C15H19N3O/c1-11-4-5-15-14(8-11)18(9-12(2)19-15)10-13-6-7-16-17(13)3/h4-8,12H,9-10H2,1-3H3/t12-/m1/s1. The summed E-state index contributed by atoms with van der Waals surface area (Å²) in [6.07, 6.45) is 2.06. The maximum atomic E-state index is 5.90. The van der Waals surface area contributed by atoms with Crippen LogP contribution in [0.25, 0.3) is 0 Å². The number of benzene rings is 1. The molecule has 4 heteroatoms. The Balaban J connectivity index is 1.94. The number of anilines is 1. The van der Waals surface area contributed by atoms with Gasteiger partial charge in [0.15, 0.2) is 0 Å². The number of fused-ring (bicyclic) bond motifs is 1. The highest BCUT2D eigenvalue weighted by atomic mass is 16.5. The van der Waals surface area contributed by atoms with Gasteiger partial charge in [0.2, 0.25) is 0 Å². The summed E-state index contributed by atoms with van der Waals surface area (Å²) in [4.78, 5) is 2.37. The molecular weight excluding hydrogens is 238 g/mol. The minimum absolute atomic E-state index is 0.212. The summed E-state index contributed by atoms with van der Waals surface area (Å²) in [7, 11) is 1.98. The van der Waals surface area contributed by atoms with Gasteiger partial charge in [0.05, 0.1) is 24.5 Å². The van der Waals surface area contributed by atoms with E-state index in [4.69, 9.17) is 4.74 Å². The van der Waals surface area contributed by atoms with Crippen LogP contribution in [0.5, 0.6) is 5.75 Å². The van der Waals surface area contributed by atoms with Crippen LogP contribution in [0, 0.1) is 6.92 Å². The van der Waals surface area contributed by atoms with Crippen molar-refractivity contribution >= 4 is 5.69 Å². The average Bonchev–Trinajstić information content (AvgIpc) is 2.76. The molecule has 1 atom stereocenters. The van der Waals surface area contributed by atoms with Gasteiger partial charge < -0.3 is 9.64 Å². The largest absolute Gasteiger partial charge is 0.487 e. The van der Waals surface area contributed by atoms with E-state index < -0.39 is 0 Å². The van der Waals surface area contributed by atoms with Crippen LogP contribution in [0.15, 0.2) is 30.5 Å². The van der Waals surface area contributed by atoms with Crippen LogP contribution in [0.3, 0.4) is 0 Å². The summed E-state index contributed by atoms with van der Waals surface area (Å²) >= 11 is 0. The van der Waals surface area contributed by atoms with Crippen molar-refractivity contribution in [3.63, 3.8) is 0 Å². The molecule has 1 aromatic carbocycles. The smallest absolute Gasteiger partial charge is 0.143 e. The molecule has 1 aliphatic heterocycles. The summed E-state index contributed by atoms with van der Waals surface area (Å²) in [6.45, 7) is 5.99. The van der Waals surface area contributed by atoms with Gasteiger partial charge in [-0.1, -0.05) is 6.07 Å². The Morgan fingerprint density at radius 1 is 1.37 bits per heavy atom. The van der Waals surface area contributed by atoms with Crippen molar-refractivity contribution < 1.29 is 4.74 Å². The Morgan fingerprint density at radius 2 is 2.21 bits per heavy atom. The molecule has 4 nitrogen and oxygen atoms in total. The Labute approximate surface area is 113 Å². The fourth-order valence-electron chi connectivity index (χ4n) is 2.54. The predicted molar refractivity (Wildman–Crippen MR) is 75.5 cm³/mol. The van der Waals surface area contributed by atoms with Gasteiger partial charge in [-0.05, 0) is 37.6 Å². The molecule has 2 aromatic rings. The van der Waals surface area contributed by atoms with E-state index in [1.807, 2.05) is 17.9 Å². The van der Waals surface area contributed by atoms with Crippen molar-refractivity contribution in [2.45, 2.75) is 26.5 Å². The zero-order valence-electron chi connectivity index (χ0n) is 11.6. The van der Waals surface area contributed by atoms with Gasteiger partial charge in [-0.3, -0.25) is 4.68 Å². The summed E-state index contributed by atoms with van der Waals surface area (Å²) in [6, 6.07) is 8.42. The van der Waals surface area contributed by atoms with Crippen LogP contribution >= 0.6 is 0 Å². The van der Waals surface area contributed by atoms with Crippen LogP contribution in [0.4, 0.5) is 5.69 Å². The second-order valence-corrected chi connectivity index (χ2v) is 5.23. The lowest BCUT2D eigenvalue weighted by Crippen LogP contribution is -2.38. The van der Waals surface area contributed by atoms with Crippen molar-refractivity contribution in [1.29, 1.82) is 0 Å². The van der Waals surface area contributed by atoms with Crippen molar-refractivity contribution in [3.8, 4) is 5.75 Å². The van der Waals surface area contributed by atoms with Crippen molar-refractivity contribution in [3.05, 3.63) is 41.7 Å². The minimum Gasteiger partial charge on any atom is -0.487 e. The Morgan fingerprint density at radius 3 is 2.95 bits per heavy atom. The van der Waals surface area contributed by atoms with Crippen LogP contribution in [-0.4, -0.2) is 22.4 Å². The number of hydrogen-bond acceptors (Lipinski definition) is 3. The molecule has 19 heavy (non-hydrogen) atoms. The second-order valence-electron chi connectivity index (χ2n) is 5.23. The summed E-state index contributed by atoms with van der Waals surface area (Å²) in [5, 5.41) is 4.23. The third-order valence-corrected chi connectivity index (χ3v) is 3.54. The van der Waals surface area contributed by atoms with Crippen LogP contribution in [-0.2, 0) is 13.6 Å². The van der Waals surface area contributed by atoms with Crippen LogP contribution < -0.4 is 9.64 Å². The maximum absolute atomic E-state index is 5.90. The maximum Gasteiger partial charge on any atom is 0.143 e. The fourth-order valence-corrected chi connectivity index (χ4v) is 2.54. The second kappa shape index (κ2) is 4.61. The Kier molecular flexibility index (Phi) is 2.93. The topological polar surface area (TPSA) is 30.3 Å². The van der Waals surface area contributed by atoms with E-state index in [0.29, 0.717) is 0 Å². The lowest BCUT2D eigenvalue weighted by Gasteiger charge is -2.35. The molecular formula is C15H19N3O. The normalized spacial score (nSPS) is 18.1. The number of aromatic nitrogens is 2. The molecule has 1 aromatic heterocycles. The highest BCUT2D eigenvalue weighted by Gasteiger charge is 2.23. The van der Waals surface area contributed by atoms with Gasteiger partial charge in [0.1, 0.15) is 11.9 Å². The van der Waals surface area contributed by atoms with Gasteiger partial charge in [-0.25, -0.2) is 0 Å². The van der Waals surface area contributed by atoms with Crippen molar-refractivity contribution in [1.82, 2.24) is 9.78 Å². The molecule has 3 rings (SSSR count). The molecule has 0 saturated heterocycles. The molecule has 0 amide bonds. The molecule has 0 fully saturated rings. The first kappa shape index (κ1) is 12.1.